The van der Waals surface area contributed by atoms with E-state index < -0.39 is 0 Å². The van der Waals surface area contributed by atoms with Crippen LogP contribution < -0.4 is 14.8 Å². The van der Waals surface area contributed by atoms with Gasteiger partial charge in [-0.15, -0.1) is 0 Å². The van der Waals surface area contributed by atoms with Gasteiger partial charge in [0.05, 0.1) is 0 Å². The summed E-state index contributed by atoms with van der Waals surface area (Å²) in [5, 5.41) is 2.87. The molecule has 4 rings (SSSR count). The highest BCUT2D eigenvalue weighted by Gasteiger charge is 2.29. The van der Waals surface area contributed by atoms with Crippen LogP contribution in [0.2, 0.25) is 0 Å². The van der Waals surface area contributed by atoms with E-state index >= 15 is 0 Å². The van der Waals surface area contributed by atoms with Crippen molar-refractivity contribution in [3.8, 4) is 11.5 Å². The van der Waals surface area contributed by atoms with Gasteiger partial charge in [0.2, 0.25) is 0 Å². The Kier molecular flexibility index (Phi) is 7.70. The third-order valence-corrected chi connectivity index (χ3v) is 6.36. The fraction of sp³-hybridized carbons (Fsp3) is 0.370. The molecule has 2 heterocycles. The highest BCUT2D eigenvalue weighted by Crippen LogP contribution is 2.23. The van der Waals surface area contributed by atoms with E-state index in [1.165, 1.54) is 0 Å². The Hall–Kier alpha value is -3.81. The Labute approximate surface area is 205 Å². The molecule has 8 heteroatoms. The van der Waals surface area contributed by atoms with Gasteiger partial charge in [-0.25, -0.2) is 4.98 Å². The lowest BCUT2D eigenvalue weighted by Crippen LogP contribution is -2.49. The maximum atomic E-state index is 12.6. The van der Waals surface area contributed by atoms with E-state index in [0.717, 1.165) is 25.1 Å². The first kappa shape index (κ1) is 24.3. The number of amides is 2. The highest BCUT2D eigenvalue weighted by molar-refractivity contribution is 6.04. The molecule has 184 valence electrons. The molecule has 3 aromatic rings. The van der Waals surface area contributed by atoms with Gasteiger partial charge in [-0.1, -0.05) is 0 Å². The summed E-state index contributed by atoms with van der Waals surface area (Å²) in [6, 6.07) is 14.4. The van der Waals surface area contributed by atoms with E-state index in [1.54, 1.807) is 54.7 Å². The van der Waals surface area contributed by atoms with E-state index in [0.29, 0.717) is 29.4 Å². The van der Waals surface area contributed by atoms with Crippen LogP contribution in [0.25, 0.3) is 0 Å². The summed E-state index contributed by atoms with van der Waals surface area (Å²) in [5.41, 5.74) is 1.16. The van der Waals surface area contributed by atoms with Gasteiger partial charge in [-0.2, -0.15) is 0 Å². The molecule has 0 aliphatic carbocycles. The van der Waals surface area contributed by atoms with Crippen molar-refractivity contribution in [3.63, 3.8) is 0 Å². The Bertz CT molecular complexity index is 1130. The van der Waals surface area contributed by atoms with Crippen molar-refractivity contribution in [3.05, 3.63) is 72.3 Å². The molecule has 2 unspecified atom stereocenters. The number of nitrogens with one attached hydrogen (secondary N) is 1. The van der Waals surface area contributed by atoms with Crippen LogP contribution in [0.3, 0.4) is 0 Å². The van der Waals surface area contributed by atoms with Crippen LogP contribution in [0, 0.1) is 0 Å². The molecule has 0 saturated carbocycles. The van der Waals surface area contributed by atoms with Gasteiger partial charge < -0.3 is 24.3 Å². The summed E-state index contributed by atoms with van der Waals surface area (Å²) >= 11 is 0. The number of anilines is 1. The molecule has 0 radical (unpaired) electrons. The zero-order valence-corrected chi connectivity index (χ0v) is 20.4. The number of aryl methyl sites for hydroxylation is 1. The van der Waals surface area contributed by atoms with Gasteiger partial charge in [-0.3, -0.25) is 9.59 Å². The second kappa shape index (κ2) is 11.1. The Morgan fingerprint density at radius 3 is 2.23 bits per heavy atom. The first-order valence-electron chi connectivity index (χ1n) is 11.9. The first-order chi connectivity index (χ1) is 16.9. The van der Waals surface area contributed by atoms with Gasteiger partial charge in [0.25, 0.3) is 11.8 Å². The van der Waals surface area contributed by atoms with Crippen LogP contribution in [0.15, 0.2) is 60.9 Å². The first-order valence-corrected chi connectivity index (χ1v) is 11.9. The summed E-state index contributed by atoms with van der Waals surface area (Å²) in [4.78, 5) is 31.4. The summed E-state index contributed by atoms with van der Waals surface area (Å²) in [7, 11) is 1.92. The Balaban J connectivity index is 1.26. The van der Waals surface area contributed by atoms with Crippen molar-refractivity contribution in [2.24, 2.45) is 7.05 Å². The standard InChI is InChI=1S/C27H32N4O4/c1-19-5-4-6-20(2)31(19)26(32)18-35-23-11-7-21(8-12-23)27(33)29-22-9-13-24(14-10-22)34-17-25-28-15-16-30(25)3/h7-16,19-20H,4-6,17-18H2,1-3H3,(H,29,33). The average molecular weight is 477 g/mol. The van der Waals surface area contributed by atoms with Crippen molar-refractivity contribution >= 4 is 17.5 Å². The van der Waals surface area contributed by atoms with Crippen molar-refractivity contribution in [2.45, 2.75) is 51.8 Å². The molecule has 1 fully saturated rings. The molecule has 2 amide bonds. The lowest BCUT2D eigenvalue weighted by molar-refractivity contribution is -0.139. The number of benzene rings is 2. The van der Waals surface area contributed by atoms with Crippen LogP contribution in [0.5, 0.6) is 11.5 Å². The molecule has 8 nitrogen and oxygen atoms in total. The predicted octanol–water partition coefficient (Wildman–Crippen LogP) is 4.42. The number of carbonyl (C=O) groups is 2. The van der Waals surface area contributed by atoms with Gasteiger partial charge in [-0.05, 0) is 81.6 Å². The van der Waals surface area contributed by atoms with Gasteiger partial charge in [0.15, 0.2) is 6.61 Å². The molecule has 1 N–H and O–H groups in total. The van der Waals surface area contributed by atoms with Crippen LogP contribution >= 0.6 is 0 Å². The van der Waals surface area contributed by atoms with E-state index in [2.05, 4.69) is 24.1 Å². The summed E-state index contributed by atoms with van der Waals surface area (Å²) in [6.45, 7) is 4.54. The van der Waals surface area contributed by atoms with Gasteiger partial charge >= 0.3 is 0 Å². The van der Waals surface area contributed by atoms with E-state index in [4.69, 9.17) is 9.47 Å². The predicted molar refractivity (Wildman–Crippen MR) is 133 cm³/mol. The van der Waals surface area contributed by atoms with E-state index in [-0.39, 0.29) is 30.5 Å². The molecule has 35 heavy (non-hydrogen) atoms. The molecule has 0 spiro atoms. The third-order valence-electron chi connectivity index (χ3n) is 6.36. The van der Waals surface area contributed by atoms with Crippen LogP contribution in [0.1, 0.15) is 49.3 Å². The van der Waals surface area contributed by atoms with Gasteiger partial charge in [0, 0.05) is 42.8 Å². The SMILES string of the molecule is CC1CCCC(C)N1C(=O)COc1ccc(C(=O)Nc2ccc(OCc3nccn3C)cc2)cc1. The fourth-order valence-electron chi connectivity index (χ4n) is 4.36. The monoisotopic (exact) mass is 476 g/mol. The second-order valence-corrected chi connectivity index (χ2v) is 8.96. The zero-order chi connectivity index (χ0) is 24.8. The number of carbonyl (C=O) groups excluding carboxylic acids is 2. The minimum Gasteiger partial charge on any atom is -0.486 e. The molecule has 1 aromatic heterocycles. The van der Waals surface area contributed by atoms with E-state index in [9.17, 15) is 9.59 Å². The third kappa shape index (κ3) is 6.20. The van der Waals surface area contributed by atoms with Crippen molar-refractivity contribution in [2.75, 3.05) is 11.9 Å². The number of piperidine rings is 1. The van der Waals surface area contributed by atoms with Crippen LogP contribution in [0.4, 0.5) is 5.69 Å². The molecule has 1 aliphatic heterocycles. The maximum Gasteiger partial charge on any atom is 0.260 e. The molecule has 1 saturated heterocycles. The molecule has 0 bridgehead atoms. The Morgan fingerprint density at radius 2 is 1.60 bits per heavy atom. The number of likely N-dealkylation sites (tertiary alicyclic amines) is 1. The number of nitrogens with zero attached hydrogens (tertiary/aromatic N) is 3. The quantitative estimate of drug-likeness (QED) is 0.520. The summed E-state index contributed by atoms with van der Waals surface area (Å²) in [5.74, 6) is 1.84. The minimum atomic E-state index is -0.231. The van der Waals surface area contributed by atoms with Crippen LogP contribution in [-0.4, -0.2) is 45.0 Å². The van der Waals surface area contributed by atoms with E-state index in [1.807, 2.05) is 22.7 Å². The number of rotatable bonds is 8. The highest BCUT2D eigenvalue weighted by atomic mass is 16.5. The number of imidazole rings is 1. The number of hydrogen-bond acceptors (Lipinski definition) is 5. The summed E-state index contributed by atoms with van der Waals surface area (Å²) in [6.07, 6.45) is 6.81. The minimum absolute atomic E-state index is 0.00105. The molecule has 1 aliphatic rings. The molecular formula is C27H32N4O4. The Morgan fingerprint density at radius 1 is 0.971 bits per heavy atom. The second-order valence-electron chi connectivity index (χ2n) is 8.96. The fourth-order valence-corrected chi connectivity index (χ4v) is 4.36. The molecule has 2 atom stereocenters. The summed E-state index contributed by atoms with van der Waals surface area (Å²) < 4.78 is 13.3. The lowest BCUT2D eigenvalue weighted by atomic mass is 9.97. The maximum absolute atomic E-state index is 12.6. The topological polar surface area (TPSA) is 85.7 Å². The number of hydrogen-bond donors (Lipinski definition) is 1. The normalized spacial score (nSPS) is 17.6. The van der Waals surface area contributed by atoms with Crippen LogP contribution in [-0.2, 0) is 18.4 Å². The molecular weight excluding hydrogens is 444 g/mol. The average Bonchev–Trinajstić information content (AvgIpc) is 3.27. The number of ether oxygens (including phenoxy) is 2. The zero-order valence-electron chi connectivity index (χ0n) is 20.4. The number of aromatic nitrogens is 2. The smallest absolute Gasteiger partial charge is 0.260 e. The largest absolute Gasteiger partial charge is 0.486 e. The lowest BCUT2D eigenvalue weighted by Gasteiger charge is -2.38. The van der Waals surface area contributed by atoms with Crippen molar-refractivity contribution < 1.29 is 19.1 Å². The van der Waals surface area contributed by atoms with Crippen molar-refractivity contribution in [1.29, 1.82) is 0 Å². The molecule has 2 aromatic carbocycles. The van der Waals surface area contributed by atoms with Crippen molar-refractivity contribution in [1.82, 2.24) is 14.5 Å². The van der Waals surface area contributed by atoms with Gasteiger partial charge in [0.1, 0.15) is 23.9 Å².